The average molecular weight is 256 g/mol. The van der Waals surface area contributed by atoms with Gasteiger partial charge in [-0.25, -0.2) is 9.97 Å². The molecule has 0 radical (unpaired) electrons. The molecule has 1 aromatic heterocycles. The molecule has 2 rings (SSSR count). The summed E-state index contributed by atoms with van der Waals surface area (Å²) >= 11 is 5.98. The smallest absolute Gasteiger partial charge is 0.134 e. The maximum absolute atomic E-state index is 9.59. The van der Waals surface area contributed by atoms with Crippen LogP contribution in [0.1, 0.15) is 26.1 Å². The molecule has 1 N–H and O–H groups in total. The van der Waals surface area contributed by atoms with E-state index in [0.717, 1.165) is 37.6 Å². The number of hydrogen-bond acceptors (Lipinski definition) is 4. The minimum atomic E-state index is -0.261. The van der Waals surface area contributed by atoms with Gasteiger partial charge in [-0.3, -0.25) is 0 Å². The summed E-state index contributed by atoms with van der Waals surface area (Å²) in [5.74, 6) is 1.98. The largest absolute Gasteiger partial charge is 0.393 e. The molecule has 5 heteroatoms. The maximum Gasteiger partial charge on any atom is 0.134 e. The second-order valence-corrected chi connectivity index (χ2v) is 4.94. The van der Waals surface area contributed by atoms with Crippen LogP contribution in [0.5, 0.6) is 0 Å². The minimum Gasteiger partial charge on any atom is -0.393 e. The SMILES string of the molecule is CCc1nc(Cl)cc(N2CCC(C(C)O)C2)n1. The van der Waals surface area contributed by atoms with Crippen LogP contribution in [0.2, 0.25) is 5.15 Å². The van der Waals surface area contributed by atoms with Gasteiger partial charge in [-0.2, -0.15) is 0 Å². The number of aliphatic hydroxyl groups is 1. The third-order valence-corrected chi connectivity index (χ3v) is 3.47. The highest BCUT2D eigenvalue weighted by Crippen LogP contribution is 2.25. The third kappa shape index (κ3) is 2.87. The molecule has 0 aromatic carbocycles. The van der Waals surface area contributed by atoms with E-state index in [2.05, 4.69) is 14.9 Å². The molecule has 0 spiro atoms. The molecule has 1 aliphatic heterocycles. The van der Waals surface area contributed by atoms with Gasteiger partial charge < -0.3 is 10.0 Å². The van der Waals surface area contributed by atoms with Crippen LogP contribution in [0.25, 0.3) is 0 Å². The molecule has 2 atom stereocenters. The van der Waals surface area contributed by atoms with Gasteiger partial charge in [0.2, 0.25) is 0 Å². The first kappa shape index (κ1) is 12.6. The summed E-state index contributed by atoms with van der Waals surface area (Å²) in [6.45, 7) is 5.62. The van der Waals surface area contributed by atoms with Crippen molar-refractivity contribution in [1.82, 2.24) is 9.97 Å². The summed E-state index contributed by atoms with van der Waals surface area (Å²) in [5.41, 5.74) is 0. The first-order chi connectivity index (χ1) is 8.10. The normalized spacial score (nSPS) is 21.9. The lowest BCUT2D eigenvalue weighted by atomic mass is 10.0. The van der Waals surface area contributed by atoms with E-state index < -0.39 is 0 Å². The fraction of sp³-hybridized carbons (Fsp3) is 0.667. The molecule has 1 aliphatic rings. The fourth-order valence-corrected chi connectivity index (χ4v) is 2.36. The Balaban J connectivity index is 2.15. The molecule has 0 bridgehead atoms. The van der Waals surface area contributed by atoms with Gasteiger partial charge in [0.15, 0.2) is 0 Å². The van der Waals surface area contributed by atoms with E-state index in [1.54, 1.807) is 6.07 Å². The van der Waals surface area contributed by atoms with Crippen LogP contribution >= 0.6 is 11.6 Å². The minimum absolute atomic E-state index is 0.261. The summed E-state index contributed by atoms with van der Waals surface area (Å²) in [4.78, 5) is 10.8. The molecule has 1 aromatic rings. The lowest BCUT2D eigenvalue weighted by Crippen LogP contribution is -2.25. The molecule has 1 fully saturated rings. The van der Waals surface area contributed by atoms with Crippen molar-refractivity contribution in [2.24, 2.45) is 5.92 Å². The Morgan fingerprint density at radius 2 is 2.35 bits per heavy atom. The third-order valence-electron chi connectivity index (χ3n) is 3.27. The van der Waals surface area contributed by atoms with Crippen LogP contribution in [-0.4, -0.2) is 34.3 Å². The summed E-state index contributed by atoms with van der Waals surface area (Å²) < 4.78 is 0. The van der Waals surface area contributed by atoms with Crippen molar-refractivity contribution in [3.63, 3.8) is 0 Å². The monoisotopic (exact) mass is 255 g/mol. The maximum atomic E-state index is 9.59. The van der Waals surface area contributed by atoms with Crippen molar-refractivity contribution in [2.75, 3.05) is 18.0 Å². The number of anilines is 1. The Kier molecular flexibility index (Phi) is 3.84. The van der Waals surface area contributed by atoms with E-state index in [1.807, 2.05) is 13.8 Å². The van der Waals surface area contributed by atoms with E-state index in [1.165, 1.54) is 0 Å². The summed E-state index contributed by atoms with van der Waals surface area (Å²) in [6.07, 6.45) is 1.52. The molecule has 2 unspecified atom stereocenters. The van der Waals surface area contributed by atoms with E-state index in [0.29, 0.717) is 11.1 Å². The summed E-state index contributed by atoms with van der Waals surface area (Å²) in [5, 5.41) is 10.1. The van der Waals surface area contributed by atoms with Gasteiger partial charge in [0, 0.05) is 31.5 Å². The highest BCUT2D eigenvalue weighted by molar-refractivity contribution is 6.29. The van der Waals surface area contributed by atoms with Gasteiger partial charge in [0.05, 0.1) is 6.10 Å². The Labute approximate surface area is 107 Å². The van der Waals surface area contributed by atoms with Crippen LogP contribution < -0.4 is 4.90 Å². The van der Waals surface area contributed by atoms with E-state index in [-0.39, 0.29) is 6.10 Å². The zero-order valence-corrected chi connectivity index (χ0v) is 11.0. The van der Waals surface area contributed by atoms with E-state index >= 15 is 0 Å². The van der Waals surface area contributed by atoms with Crippen molar-refractivity contribution < 1.29 is 5.11 Å². The number of halogens is 1. The first-order valence-corrected chi connectivity index (χ1v) is 6.44. The van der Waals surface area contributed by atoms with Gasteiger partial charge >= 0.3 is 0 Å². The zero-order valence-electron chi connectivity index (χ0n) is 10.2. The topological polar surface area (TPSA) is 49.2 Å². The van der Waals surface area contributed by atoms with Crippen molar-refractivity contribution in [1.29, 1.82) is 0 Å². The molecule has 0 saturated carbocycles. The summed E-state index contributed by atoms with van der Waals surface area (Å²) in [7, 11) is 0. The zero-order chi connectivity index (χ0) is 12.4. The molecule has 0 amide bonds. The van der Waals surface area contributed by atoms with Crippen LogP contribution in [0.4, 0.5) is 5.82 Å². The average Bonchev–Trinajstić information content (AvgIpc) is 2.77. The second kappa shape index (κ2) is 5.19. The highest BCUT2D eigenvalue weighted by atomic mass is 35.5. The quantitative estimate of drug-likeness (QED) is 0.839. The van der Waals surface area contributed by atoms with Gasteiger partial charge in [-0.15, -0.1) is 0 Å². The number of hydrogen-bond donors (Lipinski definition) is 1. The predicted octanol–water partition coefficient (Wildman–Crippen LogP) is 1.90. The van der Waals surface area contributed by atoms with Crippen LogP contribution in [0.3, 0.4) is 0 Å². The standard InChI is InChI=1S/C12H18ClN3O/c1-3-11-14-10(13)6-12(15-11)16-5-4-9(7-16)8(2)17/h6,8-9,17H,3-5,7H2,1-2H3. The van der Waals surface area contributed by atoms with Crippen LogP contribution in [0, 0.1) is 5.92 Å². The second-order valence-electron chi connectivity index (χ2n) is 4.55. The van der Waals surface area contributed by atoms with Crippen molar-refractivity contribution in [2.45, 2.75) is 32.8 Å². The molecule has 1 saturated heterocycles. The number of nitrogens with zero attached hydrogens (tertiary/aromatic N) is 3. The van der Waals surface area contributed by atoms with Gasteiger partial charge in [0.25, 0.3) is 0 Å². The lowest BCUT2D eigenvalue weighted by Gasteiger charge is -2.19. The Morgan fingerprint density at radius 3 is 2.94 bits per heavy atom. The van der Waals surface area contributed by atoms with Gasteiger partial charge in [0.1, 0.15) is 16.8 Å². The number of aromatic nitrogens is 2. The van der Waals surface area contributed by atoms with Crippen LogP contribution in [0.15, 0.2) is 6.07 Å². The first-order valence-electron chi connectivity index (χ1n) is 6.06. The predicted molar refractivity (Wildman–Crippen MR) is 68.4 cm³/mol. The number of aliphatic hydroxyl groups excluding tert-OH is 1. The van der Waals surface area contributed by atoms with Gasteiger partial charge in [-0.1, -0.05) is 18.5 Å². The van der Waals surface area contributed by atoms with E-state index in [9.17, 15) is 5.11 Å². The Hall–Kier alpha value is -0.870. The molecule has 94 valence electrons. The molecular formula is C12H18ClN3O. The van der Waals surface area contributed by atoms with Crippen molar-refractivity contribution >= 4 is 17.4 Å². The Bertz CT molecular complexity index is 397. The molecule has 4 nitrogen and oxygen atoms in total. The van der Waals surface area contributed by atoms with Gasteiger partial charge in [-0.05, 0) is 13.3 Å². The van der Waals surface area contributed by atoms with Crippen LogP contribution in [-0.2, 0) is 6.42 Å². The highest BCUT2D eigenvalue weighted by Gasteiger charge is 2.27. The summed E-state index contributed by atoms with van der Waals surface area (Å²) in [6, 6.07) is 1.80. The Morgan fingerprint density at radius 1 is 1.59 bits per heavy atom. The molecular weight excluding hydrogens is 238 g/mol. The van der Waals surface area contributed by atoms with Crippen molar-refractivity contribution in [3.05, 3.63) is 17.0 Å². The number of aryl methyl sites for hydroxylation is 1. The fourth-order valence-electron chi connectivity index (χ4n) is 2.16. The number of rotatable bonds is 3. The molecule has 0 aliphatic carbocycles. The molecule has 17 heavy (non-hydrogen) atoms. The van der Waals surface area contributed by atoms with E-state index in [4.69, 9.17) is 11.6 Å². The lowest BCUT2D eigenvalue weighted by molar-refractivity contribution is 0.136. The molecule has 2 heterocycles. The van der Waals surface area contributed by atoms with Crippen molar-refractivity contribution in [3.8, 4) is 0 Å².